The maximum Gasteiger partial charge on any atom is 0.373 e. The molecule has 2 atom stereocenters. The maximum absolute atomic E-state index is 11.7. The minimum Gasteiger partial charge on any atom is -0.324 e. The van der Waals surface area contributed by atoms with E-state index < -0.39 is 7.14 Å². The molecule has 0 N–H and O–H groups in total. The van der Waals surface area contributed by atoms with Gasteiger partial charge >= 0.3 is 6.15 Å². The van der Waals surface area contributed by atoms with E-state index in [0.29, 0.717) is 11.8 Å². The van der Waals surface area contributed by atoms with E-state index in [1.165, 1.54) is 0 Å². The first kappa shape index (κ1) is 16.1. The van der Waals surface area contributed by atoms with Crippen molar-refractivity contribution < 1.29 is 14.2 Å². The third-order valence-electron chi connectivity index (χ3n) is 2.48. The van der Waals surface area contributed by atoms with Crippen LogP contribution in [-0.2, 0) is 14.2 Å². The van der Waals surface area contributed by atoms with E-state index in [0.717, 1.165) is 12.3 Å². The van der Waals surface area contributed by atoms with E-state index in [2.05, 4.69) is 20.8 Å². The molecule has 0 saturated carbocycles. The van der Waals surface area contributed by atoms with Crippen LogP contribution < -0.4 is 0 Å². The molecule has 84 valence electrons. The molecule has 0 fully saturated rings. The number of hydrogen-bond acceptors (Lipinski definition) is 3. The molecule has 0 aliphatic heterocycles. The van der Waals surface area contributed by atoms with Gasteiger partial charge in [0.25, 0.3) is 0 Å². The Kier molecular flexibility index (Phi) is 9.13. The second-order valence-electron chi connectivity index (χ2n) is 4.10. The van der Waals surface area contributed by atoms with Crippen molar-refractivity contribution in [3.63, 3.8) is 0 Å². The van der Waals surface area contributed by atoms with E-state index >= 15 is 0 Å². The SMILES string of the molecule is CCP(C)(=O)CC(C)C(C)C.O=C=O. The summed E-state index contributed by atoms with van der Waals surface area (Å²) in [5.41, 5.74) is 0. The molecular formula is C10H21O3P. The van der Waals surface area contributed by atoms with Gasteiger partial charge in [0.2, 0.25) is 0 Å². The average molecular weight is 220 g/mol. The molecule has 0 rings (SSSR count). The van der Waals surface area contributed by atoms with Crippen LogP contribution in [0.4, 0.5) is 0 Å². The second kappa shape index (κ2) is 7.96. The number of carbonyl (C=O) groups excluding carboxylic acids is 2. The fourth-order valence-corrected chi connectivity index (χ4v) is 2.85. The lowest BCUT2D eigenvalue weighted by Gasteiger charge is -2.19. The Bertz CT molecular complexity index is 217. The van der Waals surface area contributed by atoms with Crippen LogP contribution in [0, 0.1) is 11.8 Å². The molecule has 0 heterocycles. The predicted molar refractivity (Wildman–Crippen MR) is 57.9 cm³/mol. The van der Waals surface area contributed by atoms with Crippen LogP contribution in [0.1, 0.15) is 27.7 Å². The monoisotopic (exact) mass is 220 g/mol. The first-order valence-corrected chi connectivity index (χ1v) is 7.38. The van der Waals surface area contributed by atoms with Crippen LogP contribution in [0.5, 0.6) is 0 Å². The van der Waals surface area contributed by atoms with Crippen molar-refractivity contribution in [3.05, 3.63) is 0 Å². The van der Waals surface area contributed by atoms with Gasteiger partial charge in [0.1, 0.15) is 0 Å². The minimum atomic E-state index is -1.78. The quantitative estimate of drug-likeness (QED) is 0.684. The molecule has 0 bridgehead atoms. The highest BCUT2D eigenvalue weighted by Crippen LogP contribution is 2.43. The van der Waals surface area contributed by atoms with E-state index in [1.807, 2.05) is 13.6 Å². The Morgan fingerprint density at radius 2 is 1.57 bits per heavy atom. The van der Waals surface area contributed by atoms with Crippen LogP contribution >= 0.6 is 7.14 Å². The van der Waals surface area contributed by atoms with Gasteiger partial charge in [-0.1, -0.05) is 27.7 Å². The van der Waals surface area contributed by atoms with Gasteiger partial charge in [-0.2, -0.15) is 9.59 Å². The lowest BCUT2D eigenvalue weighted by Crippen LogP contribution is -2.10. The largest absolute Gasteiger partial charge is 0.373 e. The molecule has 0 radical (unpaired) electrons. The van der Waals surface area contributed by atoms with Gasteiger partial charge in [-0.05, 0) is 24.7 Å². The molecular weight excluding hydrogens is 199 g/mol. The summed E-state index contributed by atoms with van der Waals surface area (Å²) in [6.07, 6.45) is 2.02. The highest BCUT2D eigenvalue weighted by Gasteiger charge is 2.18. The van der Waals surface area contributed by atoms with Gasteiger partial charge in [0, 0.05) is 6.16 Å². The van der Waals surface area contributed by atoms with Crippen molar-refractivity contribution in [1.29, 1.82) is 0 Å². The van der Waals surface area contributed by atoms with Crippen LogP contribution in [0.3, 0.4) is 0 Å². The highest BCUT2D eigenvalue weighted by molar-refractivity contribution is 7.63. The zero-order valence-electron chi connectivity index (χ0n) is 9.74. The summed E-state index contributed by atoms with van der Waals surface area (Å²) in [6, 6.07) is 0. The molecule has 0 aromatic carbocycles. The summed E-state index contributed by atoms with van der Waals surface area (Å²) in [6.45, 7) is 10.5. The molecule has 0 amide bonds. The highest BCUT2D eigenvalue weighted by atomic mass is 31.2. The Labute approximate surface area is 86.6 Å². The van der Waals surface area contributed by atoms with E-state index in [4.69, 9.17) is 9.59 Å². The summed E-state index contributed by atoms with van der Waals surface area (Å²) >= 11 is 0. The Balaban J connectivity index is 0. The molecule has 3 nitrogen and oxygen atoms in total. The molecule has 0 spiro atoms. The molecule has 14 heavy (non-hydrogen) atoms. The lowest BCUT2D eigenvalue weighted by molar-refractivity contribution is -0.191. The van der Waals surface area contributed by atoms with E-state index in [1.54, 1.807) is 0 Å². The normalized spacial score (nSPS) is 16.1. The Morgan fingerprint density at radius 3 is 1.79 bits per heavy atom. The fourth-order valence-electron chi connectivity index (χ4n) is 0.949. The first-order chi connectivity index (χ1) is 6.30. The van der Waals surface area contributed by atoms with Crippen LogP contribution in [0.25, 0.3) is 0 Å². The smallest absolute Gasteiger partial charge is 0.324 e. The third-order valence-corrected chi connectivity index (χ3v) is 5.17. The number of rotatable bonds is 4. The van der Waals surface area contributed by atoms with Crippen molar-refractivity contribution in [3.8, 4) is 0 Å². The molecule has 4 heteroatoms. The van der Waals surface area contributed by atoms with Gasteiger partial charge < -0.3 is 4.57 Å². The van der Waals surface area contributed by atoms with E-state index in [9.17, 15) is 4.57 Å². The zero-order valence-corrected chi connectivity index (χ0v) is 10.6. The summed E-state index contributed by atoms with van der Waals surface area (Å²) in [5.74, 6) is 1.26. The molecule has 0 saturated heterocycles. The van der Waals surface area contributed by atoms with Crippen LogP contribution in [0.2, 0.25) is 0 Å². The van der Waals surface area contributed by atoms with Crippen molar-refractivity contribution >= 4 is 13.3 Å². The lowest BCUT2D eigenvalue weighted by atomic mass is 10.0. The zero-order chi connectivity index (χ0) is 11.8. The van der Waals surface area contributed by atoms with E-state index in [-0.39, 0.29) is 6.15 Å². The first-order valence-electron chi connectivity index (χ1n) is 4.85. The van der Waals surface area contributed by atoms with Crippen molar-refractivity contribution in [2.45, 2.75) is 27.7 Å². The van der Waals surface area contributed by atoms with Crippen molar-refractivity contribution in [2.24, 2.45) is 11.8 Å². The summed E-state index contributed by atoms with van der Waals surface area (Å²) in [7, 11) is -1.78. The summed E-state index contributed by atoms with van der Waals surface area (Å²) < 4.78 is 11.7. The number of hydrogen-bond donors (Lipinski definition) is 0. The van der Waals surface area contributed by atoms with Crippen molar-refractivity contribution in [2.75, 3.05) is 19.0 Å². The maximum atomic E-state index is 11.7. The standard InChI is InChI=1S/C9H21OP.CO2/c1-6-11(5,10)7-9(4)8(2)3;2-1-3/h8-9H,6-7H2,1-5H3;. The van der Waals surface area contributed by atoms with Crippen LogP contribution in [0.15, 0.2) is 0 Å². The van der Waals surface area contributed by atoms with Gasteiger partial charge in [0.05, 0.1) is 7.14 Å². The average Bonchev–Trinajstić information content (AvgIpc) is 2.05. The fraction of sp³-hybridized carbons (Fsp3) is 0.900. The van der Waals surface area contributed by atoms with Gasteiger partial charge in [-0.25, -0.2) is 0 Å². The molecule has 2 unspecified atom stereocenters. The summed E-state index contributed by atoms with van der Waals surface area (Å²) in [4.78, 5) is 16.2. The summed E-state index contributed by atoms with van der Waals surface area (Å²) in [5, 5.41) is 0. The molecule has 0 aliphatic rings. The topological polar surface area (TPSA) is 51.2 Å². The van der Waals surface area contributed by atoms with Gasteiger partial charge in [-0.15, -0.1) is 0 Å². The van der Waals surface area contributed by atoms with Gasteiger partial charge in [0.15, 0.2) is 0 Å². The molecule has 0 aromatic heterocycles. The van der Waals surface area contributed by atoms with Crippen molar-refractivity contribution in [1.82, 2.24) is 0 Å². The third kappa shape index (κ3) is 9.70. The Morgan fingerprint density at radius 1 is 1.21 bits per heavy atom. The predicted octanol–water partition coefficient (Wildman–Crippen LogP) is 2.71. The Hall–Kier alpha value is -0.390. The molecule has 0 aromatic rings. The molecule has 0 aliphatic carbocycles. The minimum absolute atomic E-state index is 0.250. The van der Waals surface area contributed by atoms with Crippen LogP contribution in [-0.4, -0.2) is 25.1 Å². The second-order valence-corrected chi connectivity index (χ2v) is 7.69. The van der Waals surface area contributed by atoms with Gasteiger partial charge in [-0.3, -0.25) is 0 Å².